The molecule has 10 heteroatoms. The van der Waals surface area contributed by atoms with Gasteiger partial charge in [-0.2, -0.15) is 0 Å². The zero-order valence-electron chi connectivity index (χ0n) is 23.3. The Morgan fingerprint density at radius 2 is 0.591 bits per heavy atom. The van der Waals surface area contributed by atoms with Gasteiger partial charge in [-0.15, -0.1) is 0 Å². The summed E-state index contributed by atoms with van der Waals surface area (Å²) in [4.78, 5) is 0. The Labute approximate surface area is 250 Å². The summed E-state index contributed by atoms with van der Waals surface area (Å²) in [6.07, 6.45) is 0. The fourth-order valence-electron chi connectivity index (χ4n) is 6.48. The number of hydrogen-bond acceptors (Lipinski definition) is 10. The Balaban J connectivity index is 1.45. The van der Waals surface area contributed by atoms with Gasteiger partial charge in [0.05, 0.1) is 0 Å². The van der Waals surface area contributed by atoms with E-state index in [-0.39, 0.29) is 23.0 Å². The standard InChI is InChI=1S/C34H26O10/c1-33(17-7-11-21(35)25(39)29(17)43-30-18(33)8-12-22(36)26(30)40)15-3-5-16(6-4-15)34(2)19-9-13-23(37)27(41)31(19)44-32-20(34)10-14-24(38)28(32)42/h3-14,35-42H,1-2H3. The van der Waals surface area contributed by atoms with Gasteiger partial charge in [-0.05, 0) is 49.2 Å². The third-order valence-corrected chi connectivity index (χ3v) is 9.04. The molecule has 5 aromatic carbocycles. The van der Waals surface area contributed by atoms with E-state index in [0.29, 0.717) is 33.4 Å². The Hall–Kier alpha value is -5.90. The monoisotopic (exact) mass is 594 g/mol. The maximum atomic E-state index is 10.7. The molecule has 0 saturated carbocycles. The molecule has 7 rings (SSSR count). The molecule has 222 valence electrons. The smallest absolute Gasteiger partial charge is 0.201 e. The summed E-state index contributed by atoms with van der Waals surface area (Å²) in [6, 6.07) is 19.2. The molecule has 0 radical (unpaired) electrons. The second-order valence-corrected chi connectivity index (χ2v) is 11.3. The van der Waals surface area contributed by atoms with Crippen molar-refractivity contribution in [2.24, 2.45) is 0 Å². The van der Waals surface area contributed by atoms with E-state index in [2.05, 4.69) is 0 Å². The Morgan fingerprint density at radius 1 is 0.364 bits per heavy atom. The van der Waals surface area contributed by atoms with E-state index >= 15 is 0 Å². The van der Waals surface area contributed by atoms with Crippen LogP contribution in [0.15, 0.2) is 72.8 Å². The van der Waals surface area contributed by atoms with Crippen LogP contribution < -0.4 is 9.47 Å². The molecular formula is C34H26O10. The molecule has 0 spiro atoms. The van der Waals surface area contributed by atoms with Gasteiger partial charge in [0.2, 0.25) is 23.0 Å². The van der Waals surface area contributed by atoms with Crippen molar-refractivity contribution in [3.63, 3.8) is 0 Å². The lowest BCUT2D eigenvalue weighted by Gasteiger charge is -2.40. The lowest BCUT2D eigenvalue weighted by molar-refractivity contribution is 0.331. The average Bonchev–Trinajstić information content (AvgIpc) is 3.01. The van der Waals surface area contributed by atoms with E-state index in [1.807, 2.05) is 38.1 Å². The third-order valence-electron chi connectivity index (χ3n) is 9.04. The van der Waals surface area contributed by atoms with Crippen molar-refractivity contribution in [3.05, 3.63) is 106 Å². The normalized spacial score (nSPS) is 15.1. The third kappa shape index (κ3) is 3.30. The van der Waals surface area contributed by atoms with Gasteiger partial charge >= 0.3 is 0 Å². The predicted molar refractivity (Wildman–Crippen MR) is 157 cm³/mol. The number of rotatable bonds is 2. The van der Waals surface area contributed by atoms with Crippen molar-refractivity contribution in [2.75, 3.05) is 0 Å². The molecule has 10 nitrogen and oxygen atoms in total. The summed E-state index contributed by atoms with van der Waals surface area (Å²) in [5, 5.41) is 83.7. The van der Waals surface area contributed by atoms with Crippen LogP contribution in [-0.4, -0.2) is 40.9 Å². The molecule has 2 aliphatic rings. The van der Waals surface area contributed by atoms with Crippen LogP contribution in [-0.2, 0) is 10.8 Å². The van der Waals surface area contributed by atoms with Crippen molar-refractivity contribution in [1.29, 1.82) is 0 Å². The number of phenolic OH excluding ortho intramolecular Hbond substituents is 8. The summed E-state index contributed by atoms with van der Waals surface area (Å²) in [5.74, 6) is -4.05. The van der Waals surface area contributed by atoms with E-state index in [0.717, 1.165) is 0 Å². The van der Waals surface area contributed by atoms with E-state index < -0.39 is 56.8 Å². The van der Waals surface area contributed by atoms with Gasteiger partial charge in [-0.3, -0.25) is 0 Å². The maximum Gasteiger partial charge on any atom is 0.201 e. The molecule has 0 amide bonds. The molecule has 5 aromatic rings. The fourth-order valence-corrected chi connectivity index (χ4v) is 6.48. The highest BCUT2D eigenvalue weighted by Crippen LogP contribution is 2.61. The molecule has 0 saturated heterocycles. The zero-order chi connectivity index (χ0) is 31.3. The summed E-state index contributed by atoms with van der Waals surface area (Å²) in [5.41, 5.74) is 1.25. The minimum absolute atomic E-state index is 0.0743. The second-order valence-electron chi connectivity index (χ2n) is 11.3. The summed E-state index contributed by atoms with van der Waals surface area (Å²) < 4.78 is 11.7. The average molecular weight is 595 g/mol. The van der Waals surface area contributed by atoms with Crippen LogP contribution in [0.25, 0.3) is 0 Å². The van der Waals surface area contributed by atoms with Crippen LogP contribution >= 0.6 is 0 Å². The molecule has 0 unspecified atom stereocenters. The highest BCUT2D eigenvalue weighted by Gasteiger charge is 2.46. The zero-order valence-corrected chi connectivity index (χ0v) is 23.3. The molecule has 8 N–H and O–H groups in total. The summed E-state index contributed by atoms with van der Waals surface area (Å²) in [7, 11) is 0. The van der Waals surface area contributed by atoms with Gasteiger partial charge < -0.3 is 50.3 Å². The van der Waals surface area contributed by atoms with Gasteiger partial charge in [0.1, 0.15) is 0 Å². The van der Waals surface area contributed by atoms with Crippen molar-refractivity contribution in [1.82, 2.24) is 0 Å². The molecular weight excluding hydrogens is 568 g/mol. The molecule has 0 bridgehead atoms. The fraction of sp³-hybridized carbons (Fsp3) is 0.118. The van der Waals surface area contributed by atoms with Crippen LogP contribution in [0.2, 0.25) is 0 Å². The number of benzene rings is 5. The van der Waals surface area contributed by atoms with Crippen molar-refractivity contribution >= 4 is 0 Å². The number of ether oxygens (including phenoxy) is 2. The molecule has 0 aliphatic carbocycles. The lowest BCUT2D eigenvalue weighted by Crippen LogP contribution is -2.31. The van der Waals surface area contributed by atoms with E-state index in [4.69, 9.17) is 9.47 Å². The minimum atomic E-state index is -1.06. The van der Waals surface area contributed by atoms with Crippen molar-refractivity contribution in [2.45, 2.75) is 24.7 Å². The van der Waals surface area contributed by atoms with Crippen LogP contribution in [0.1, 0.15) is 47.2 Å². The molecule has 2 heterocycles. The van der Waals surface area contributed by atoms with E-state index in [1.54, 1.807) is 24.3 Å². The summed E-state index contributed by atoms with van der Waals surface area (Å²) >= 11 is 0. The molecule has 44 heavy (non-hydrogen) atoms. The molecule has 2 aliphatic heterocycles. The van der Waals surface area contributed by atoms with E-state index in [1.165, 1.54) is 24.3 Å². The van der Waals surface area contributed by atoms with Crippen LogP contribution in [0.3, 0.4) is 0 Å². The van der Waals surface area contributed by atoms with Gasteiger partial charge in [0.15, 0.2) is 46.0 Å². The highest BCUT2D eigenvalue weighted by molar-refractivity contribution is 5.74. The van der Waals surface area contributed by atoms with Crippen LogP contribution in [0.5, 0.6) is 69.0 Å². The Kier molecular flexibility index (Phi) is 5.40. The van der Waals surface area contributed by atoms with Gasteiger partial charge in [-0.1, -0.05) is 48.5 Å². The highest BCUT2D eigenvalue weighted by atomic mass is 16.5. The van der Waals surface area contributed by atoms with Gasteiger partial charge in [-0.25, -0.2) is 0 Å². The van der Waals surface area contributed by atoms with Crippen molar-refractivity contribution < 1.29 is 50.3 Å². The number of phenols is 8. The maximum absolute atomic E-state index is 10.7. The first-order chi connectivity index (χ1) is 20.9. The SMILES string of the molecule is CC1(c2ccc(C3(C)c4ccc(O)c(O)c4Oc4c3ccc(O)c4O)cc2)c2ccc(O)c(O)c2Oc2c1ccc(O)c2O. The first-order valence-corrected chi connectivity index (χ1v) is 13.6. The Bertz CT molecular complexity index is 1770. The molecule has 0 aromatic heterocycles. The number of aromatic hydroxyl groups is 8. The van der Waals surface area contributed by atoms with Crippen LogP contribution in [0.4, 0.5) is 0 Å². The van der Waals surface area contributed by atoms with Gasteiger partial charge in [0.25, 0.3) is 0 Å². The molecule has 0 atom stereocenters. The van der Waals surface area contributed by atoms with E-state index in [9.17, 15) is 40.9 Å². The molecule has 0 fully saturated rings. The lowest BCUT2D eigenvalue weighted by atomic mass is 9.66. The first-order valence-electron chi connectivity index (χ1n) is 13.6. The van der Waals surface area contributed by atoms with Crippen LogP contribution in [0, 0.1) is 0 Å². The minimum Gasteiger partial charge on any atom is -0.504 e. The largest absolute Gasteiger partial charge is 0.504 e. The second kappa shape index (κ2) is 8.81. The quantitative estimate of drug-likeness (QED) is 0.109. The topological polar surface area (TPSA) is 180 Å². The predicted octanol–water partition coefficient (Wildman–Crippen LogP) is 6.25. The van der Waals surface area contributed by atoms with Crippen molar-refractivity contribution in [3.8, 4) is 69.0 Å². The summed E-state index contributed by atoms with van der Waals surface area (Å²) in [6.45, 7) is 3.72. The van der Waals surface area contributed by atoms with Gasteiger partial charge in [0, 0.05) is 33.1 Å². The number of hydrogen-bond donors (Lipinski definition) is 8. The first kappa shape index (κ1) is 27.0. The number of fused-ring (bicyclic) bond motifs is 4. The Morgan fingerprint density at radius 3 is 0.818 bits per heavy atom.